The number of hydrogen-bond acceptors (Lipinski definition) is 6. The van der Waals surface area contributed by atoms with E-state index in [2.05, 4.69) is 10.2 Å². The zero-order valence-corrected chi connectivity index (χ0v) is 12.7. The molecular formula is C13H12F3N5O4. The fourth-order valence-electron chi connectivity index (χ4n) is 2.05. The Bertz CT molecular complexity index is 747. The number of hydrazone groups is 2. The van der Waals surface area contributed by atoms with E-state index in [1.54, 1.807) is 0 Å². The molecule has 134 valence electrons. The number of nitro benzene ring substituents is 1. The predicted molar refractivity (Wildman–Crippen MR) is 79.8 cm³/mol. The fraction of sp³-hybridized carbons (Fsp3) is 0.308. The fourth-order valence-corrected chi connectivity index (χ4v) is 2.05. The summed E-state index contributed by atoms with van der Waals surface area (Å²) >= 11 is 0. The third-order valence-electron chi connectivity index (χ3n) is 3.25. The summed E-state index contributed by atoms with van der Waals surface area (Å²) in [5, 5.41) is 27.0. The standard InChI is InChI=1S/C13H12F3N5O4/c1-8-6-12(23,13(14,15)16)20(19-8)11(22)18-17-7-9-2-4-10(5-3-9)21(24)25/h2-5,7,23H,6H2,1H3,(H,18,22)/b17-7+. The molecule has 12 heteroatoms. The second kappa shape index (κ2) is 6.47. The second-order valence-electron chi connectivity index (χ2n) is 5.16. The molecule has 0 aromatic heterocycles. The summed E-state index contributed by atoms with van der Waals surface area (Å²) in [5.41, 5.74) is -1.50. The van der Waals surface area contributed by atoms with Crippen LogP contribution in [0.15, 0.2) is 34.5 Å². The maximum Gasteiger partial charge on any atom is 0.438 e. The molecule has 1 aromatic rings. The van der Waals surface area contributed by atoms with Crippen molar-refractivity contribution in [2.45, 2.75) is 25.2 Å². The summed E-state index contributed by atoms with van der Waals surface area (Å²) < 4.78 is 38.9. The molecule has 1 atom stereocenters. The van der Waals surface area contributed by atoms with Gasteiger partial charge < -0.3 is 5.11 Å². The number of carbonyl (C=O) groups is 1. The van der Waals surface area contributed by atoms with Crippen molar-refractivity contribution >= 4 is 23.6 Å². The van der Waals surface area contributed by atoms with Crippen molar-refractivity contribution in [1.29, 1.82) is 0 Å². The van der Waals surface area contributed by atoms with Crippen LogP contribution in [0.4, 0.5) is 23.7 Å². The average molecular weight is 359 g/mol. The molecule has 1 aliphatic heterocycles. The Morgan fingerprint density at radius 1 is 1.48 bits per heavy atom. The first kappa shape index (κ1) is 18.3. The van der Waals surface area contributed by atoms with Crippen LogP contribution in [0.2, 0.25) is 0 Å². The molecule has 1 aromatic carbocycles. The van der Waals surface area contributed by atoms with E-state index in [4.69, 9.17) is 0 Å². The van der Waals surface area contributed by atoms with Crippen molar-refractivity contribution in [3.8, 4) is 0 Å². The molecule has 9 nitrogen and oxygen atoms in total. The first-order valence-electron chi connectivity index (χ1n) is 6.75. The van der Waals surface area contributed by atoms with Gasteiger partial charge in [-0.1, -0.05) is 0 Å². The van der Waals surface area contributed by atoms with Crippen molar-refractivity contribution < 1.29 is 28.0 Å². The van der Waals surface area contributed by atoms with E-state index in [9.17, 15) is 33.2 Å². The summed E-state index contributed by atoms with van der Waals surface area (Å²) in [6.07, 6.45) is -4.90. The lowest BCUT2D eigenvalue weighted by Gasteiger charge is -2.31. The minimum Gasteiger partial charge on any atom is -0.362 e. The molecule has 0 aliphatic carbocycles. The lowest BCUT2D eigenvalue weighted by molar-refractivity contribution is -0.384. The maximum atomic E-state index is 13.0. The lowest BCUT2D eigenvalue weighted by Crippen LogP contribution is -2.58. The third kappa shape index (κ3) is 3.74. The number of amides is 2. The number of benzene rings is 1. The van der Waals surface area contributed by atoms with Crippen LogP contribution < -0.4 is 5.43 Å². The zero-order chi connectivity index (χ0) is 18.8. The van der Waals surface area contributed by atoms with Crippen molar-refractivity contribution in [3.63, 3.8) is 0 Å². The summed E-state index contributed by atoms with van der Waals surface area (Å²) in [4.78, 5) is 21.7. The van der Waals surface area contributed by atoms with Crippen molar-refractivity contribution in [2.75, 3.05) is 0 Å². The van der Waals surface area contributed by atoms with Gasteiger partial charge in [-0.3, -0.25) is 10.1 Å². The Balaban J connectivity index is 2.07. The van der Waals surface area contributed by atoms with Gasteiger partial charge in [0.2, 0.25) is 0 Å². The van der Waals surface area contributed by atoms with Crippen LogP contribution in [0.25, 0.3) is 0 Å². The van der Waals surface area contributed by atoms with Crippen LogP contribution in [0.1, 0.15) is 18.9 Å². The van der Waals surface area contributed by atoms with Gasteiger partial charge in [0, 0.05) is 24.3 Å². The minimum atomic E-state index is -5.10. The molecule has 2 N–H and O–H groups in total. The number of hydrogen-bond donors (Lipinski definition) is 2. The van der Waals surface area contributed by atoms with E-state index in [0.717, 1.165) is 6.21 Å². The highest BCUT2D eigenvalue weighted by molar-refractivity contribution is 5.89. The Kier molecular flexibility index (Phi) is 4.74. The Morgan fingerprint density at radius 3 is 2.60 bits per heavy atom. The number of non-ortho nitro benzene ring substituents is 1. The van der Waals surface area contributed by atoms with Gasteiger partial charge >= 0.3 is 12.2 Å². The largest absolute Gasteiger partial charge is 0.438 e. The van der Waals surface area contributed by atoms with Gasteiger partial charge in [0.1, 0.15) is 0 Å². The molecule has 1 aliphatic rings. The van der Waals surface area contributed by atoms with E-state index in [-0.39, 0.29) is 16.4 Å². The van der Waals surface area contributed by atoms with Gasteiger partial charge in [-0.2, -0.15) is 28.4 Å². The number of rotatable bonds is 3. The number of halogens is 3. The number of urea groups is 1. The molecule has 0 bridgehead atoms. The molecule has 1 unspecified atom stereocenters. The molecule has 0 saturated heterocycles. The van der Waals surface area contributed by atoms with Gasteiger partial charge in [-0.25, -0.2) is 10.2 Å². The molecule has 2 amide bonds. The van der Waals surface area contributed by atoms with Crippen LogP contribution >= 0.6 is 0 Å². The monoisotopic (exact) mass is 359 g/mol. The molecule has 2 rings (SSSR count). The number of alkyl halides is 3. The van der Waals surface area contributed by atoms with Crippen LogP contribution in [-0.2, 0) is 0 Å². The smallest absolute Gasteiger partial charge is 0.362 e. The lowest BCUT2D eigenvalue weighted by atomic mass is 10.1. The highest BCUT2D eigenvalue weighted by atomic mass is 19.4. The van der Waals surface area contributed by atoms with Crippen LogP contribution in [0.5, 0.6) is 0 Å². The summed E-state index contributed by atoms with van der Waals surface area (Å²) in [6.45, 7) is 1.24. The average Bonchev–Trinajstić information content (AvgIpc) is 2.83. The summed E-state index contributed by atoms with van der Waals surface area (Å²) in [5.74, 6) is 0. The minimum absolute atomic E-state index is 0.0747. The normalized spacial score (nSPS) is 20.7. The number of nitrogens with zero attached hydrogens (tertiary/aromatic N) is 4. The number of carbonyl (C=O) groups excluding carboxylic acids is 1. The second-order valence-corrected chi connectivity index (χ2v) is 5.16. The van der Waals surface area contributed by atoms with E-state index < -0.39 is 29.3 Å². The topological polar surface area (TPSA) is 120 Å². The summed E-state index contributed by atoms with van der Waals surface area (Å²) in [6, 6.07) is 3.67. The van der Waals surface area contributed by atoms with Gasteiger partial charge in [0.05, 0.1) is 11.1 Å². The van der Waals surface area contributed by atoms with E-state index in [0.29, 0.717) is 5.56 Å². The molecule has 0 fully saturated rings. The Morgan fingerprint density at radius 2 is 2.08 bits per heavy atom. The Hall–Kier alpha value is -3.02. The van der Waals surface area contributed by atoms with Gasteiger partial charge in [-0.05, 0) is 24.6 Å². The number of nitro groups is 1. The quantitative estimate of drug-likeness (QED) is 0.487. The SMILES string of the molecule is CC1=NN(C(=O)N/N=C/c2ccc([N+](=O)[O-])cc2)C(O)(C(F)(F)F)C1. The maximum absolute atomic E-state index is 13.0. The number of nitrogens with one attached hydrogen (secondary N) is 1. The zero-order valence-electron chi connectivity index (χ0n) is 12.7. The van der Waals surface area contributed by atoms with Crippen molar-refractivity contribution in [3.05, 3.63) is 39.9 Å². The summed E-state index contributed by atoms with van der Waals surface area (Å²) in [7, 11) is 0. The molecular weight excluding hydrogens is 347 g/mol. The molecule has 1 heterocycles. The van der Waals surface area contributed by atoms with Gasteiger partial charge in [0.15, 0.2) is 0 Å². The predicted octanol–water partition coefficient (Wildman–Crippen LogP) is 1.97. The molecule has 0 radical (unpaired) electrons. The highest BCUT2D eigenvalue weighted by Gasteiger charge is 2.62. The molecule has 0 saturated carbocycles. The molecule has 0 spiro atoms. The van der Waals surface area contributed by atoms with Crippen LogP contribution in [-0.4, -0.2) is 44.9 Å². The van der Waals surface area contributed by atoms with E-state index in [1.807, 2.05) is 5.43 Å². The molecule has 25 heavy (non-hydrogen) atoms. The van der Waals surface area contributed by atoms with Gasteiger partial charge in [0.25, 0.3) is 11.4 Å². The van der Waals surface area contributed by atoms with E-state index >= 15 is 0 Å². The number of aliphatic hydroxyl groups is 1. The third-order valence-corrected chi connectivity index (χ3v) is 3.25. The highest BCUT2D eigenvalue weighted by Crippen LogP contribution is 2.40. The first-order valence-corrected chi connectivity index (χ1v) is 6.75. The van der Waals surface area contributed by atoms with Gasteiger partial charge in [-0.15, -0.1) is 0 Å². The van der Waals surface area contributed by atoms with Crippen molar-refractivity contribution in [2.24, 2.45) is 10.2 Å². The first-order chi connectivity index (χ1) is 11.5. The Labute approximate surface area is 138 Å². The van der Waals surface area contributed by atoms with Crippen molar-refractivity contribution in [1.82, 2.24) is 10.4 Å². The van der Waals surface area contributed by atoms with Crippen LogP contribution in [0, 0.1) is 10.1 Å². The van der Waals surface area contributed by atoms with E-state index in [1.165, 1.54) is 31.2 Å². The van der Waals surface area contributed by atoms with Crippen LogP contribution in [0.3, 0.4) is 0 Å².